The standard InChI is InChI=1S/C12H16N4/c13-8-4-15-9(5-14-8)16-12-10-6-1-2-7(3-6)11(10)12/h4-7,10-12H,1-3H2,(H2,13,14)(H,15,16). The maximum atomic E-state index is 5.52. The Bertz CT molecular complexity index is 400. The number of hydrogen-bond donors (Lipinski definition) is 2. The number of nitrogens with two attached hydrogens (primary N) is 1. The van der Waals surface area contributed by atoms with Crippen LogP contribution in [0, 0.1) is 23.7 Å². The summed E-state index contributed by atoms with van der Waals surface area (Å²) >= 11 is 0. The van der Waals surface area contributed by atoms with Crippen molar-refractivity contribution in [1.82, 2.24) is 9.97 Å². The third-order valence-corrected chi connectivity index (χ3v) is 4.72. The Morgan fingerprint density at radius 1 is 1.12 bits per heavy atom. The molecule has 0 radical (unpaired) electrons. The average molecular weight is 216 g/mol. The molecule has 4 unspecified atom stereocenters. The van der Waals surface area contributed by atoms with Crippen LogP contribution in [0.5, 0.6) is 0 Å². The molecule has 4 nitrogen and oxygen atoms in total. The Kier molecular flexibility index (Phi) is 1.58. The summed E-state index contributed by atoms with van der Waals surface area (Å²) in [5.74, 6) is 5.22. The van der Waals surface area contributed by atoms with Gasteiger partial charge in [-0.3, -0.25) is 0 Å². The van der Waals surface area contributed by atoms with Crippen LogP contribution in [-0.2, 0) is 0 Å². The molecule has 0 aromatic carbocycles. The lowest BCUT2D eigenvalue weighted by molar-refractivity contribution is 0.456. The van der Waals surface area contributed by atoms with E-state index in [1.165, 1.54) is 19.3 Å². The Labute approximate surface area is 94.7 Å². The third-order valence-electron chi connectivity index (χ3n) is 4.72. The molecule has 84 valence electrons. The van der Waals surface area contributed by atoms with E-state index in [2.05, 4.69) is 15.3 Å². The second kappa shape index (κ2) is 2.87. The van der Waals surface area contributed by atoms with Gasteiger partial charge in [0, 0.05) is 6.04 Å². The number of nitrogens with zero attached hydrogens (tertiary/aromatic N) is 2. The quantitative estimate of drug-likeness (QED) is 0.786. The smallest absolute Gasteiger partial charge is 0.144 e. The first-order valence-corrected chi connectivity index (χ1v) is 6.17. The number of rotatable bonds is 2. The highest BCUT2D eigenvalue weighted by Crippen LogP contribution is 2.66. The highest BCUT2D eigenvalue weighted by atomic mass is 15.1. The third kappa shape index (κ3) is 1.10. The molecule has 3 aliphatic carbocycles. The fourth-order valence-electron chi connectivity index (χ4n) is 4.10. The van der Waals surface area contributed by atoms with Crippen LogP contribution in [0.25, 0.3) is 0 Å². The van der Waals surface area contributed by atoms with Gasteiger partial charge in [0.2, 0.25) is 0 Å². The second-order valence-electron chi connectivity index (χ2n) is 5.48. The molecule has 1 aromatic heterocycles. The molecule has 0 saturated heterocycles. The summed E-state index contributed by atoms with van der Waals surface area (Å²) in [6.45, 7) is 0. The number of hydrogen-bond acceptors (Lipinski definition) is 4. The van der Waals surface area contributed by atoms with Gasteiger partial charge in [-0.15, -0.1) is 0 Å². The minimum absolute atomic E-state index is 0.488. The lowest BCUT2D eigenvalue weighted by atomic mass is 10.0. The van der Waals surface area contributed by atoms with Gasteiger partial charge in [0.1, 0.15) is 11.6 Å². The summed E-state index contributed by atoms with van der Waals surface area (Å²) in [6, 6.07) is 0.671. The summed E-state index contributed by atoms with van der Waals surface area (Å²) in [4.78, 5) is 8.32. The number of aromatic nitrogens is 2. The Balaban J connectivity index is 1.48. The van der Waals surface area contributed by atoms with E-state index < -0.39 is 0 Å². The molecule has 3 saturated carbocycles. The lowest BCUT2D eigenvalue weighted by Gasteiger charge is -2.10. The van der Waals surface area contributed by atoms with E-state index in [4.69, 9.17) is 5.73 Å². The van der Waals surface area contributed by atoms with Gasteiger partial charge in [-0.2, -0.15) is 0 Å². The number of nitrogens with one attached hydrogen (secondary N) is 1. The zero-order valence-corrected chi connectivity index (χ0v) is 9.13. The van der Waals surface area contributed by atoms with Gasteiger partial charge < -0.3 is 11.1 Å². The first-order chi connectivity index (χ1) is 7.83. The van der Waals surface area contributed by atoms with Crippen LogP contribution in [0.3, 0.4) is 0 Å². The molecule has 4 atom stereocenters. The maximum absolute atomic E-state index is 5.52. The van der Waals surface area contributed by atoms with Crippen molar-refractivity contribution in [2.24, 2.45) is 23.7 Å². The molecule has 3 aliphatic rings. The molecule has 3 fully saturated rings. The van der Waals surface area contributed by atoms with Gasteiger partial charge in [0.05, 0.1) is 12.4 Å². The predicted octanol–water partition coefficient (Wildman–Crippen LogP) is 1.52. The Morgan fingerprint density at radius 2 is 1.88 bits per heavy atom. The highest BCUT2D eigenvalue weighted by Gasteiger charge is 2.65. The van der Waals surface area contributed by atoms with E-state index in [0.29, 0.717) is 11.9 Å². The van der Waals surface area contributed by atoms with Crippen LogP contribution in [-0.4, -0.2) is 16.0 Å². The average Bonchev–Trinajstić information content (AvgIpc) is 2.72. The van der Waals surface area contributed by atoms with Crippen molar-refractivity contribution >= 4 is 11.6 Å². The Hall–Kier alpha value is -1.32. The van der Waals surface area contributed by atoms with Gasteiger partial charge in [-0.1, -0.05) is 0 Å². The molecule has 4 heteroatoms. The fraction of sp³-hybridized carbons (Fsp3) is 0.667. The van der Waals surface area contributed by atoms with Gasteiger partial charge >= 0.3 is 0 Å². The molecule has 2 bridgehead atoms. The predicted molar refractivity (Wildman–Crippen MR) is 61.7 cm³/mol. The van der Waals surface area contributed by atoms with Crippen LogP contribution in [0.4, 0.5) is 11.6 Å². The van der Waals surface area contributed by atoms with E-state index in [1.807, 2.05) is 0 Å². The molecular weight excluding hydrogens is 200 g/mol. The Morgan fingerprint density at radius 3 is 2.50 bits per heavy atom. The zero-order valence-electron chi connectivity index (χ0n) is 9.13. The SMILES string of the molecule is Nc1cnc(NC2C3C4CCC(C4)C23)cn1. The summed E-state index contributed by atoms with van der Waals surface area (Å²) < 4.78 is 0. The van der Waals surface area contributed by atoms with Gasteiger partial charge in [0.25, 0.3) is 0 Å². The molecule has 16 heavy (non-hydrogen) atoms. The van der Waals surface area contributed by atoms with Gasteiger partial charge in [-0.25, -0.2) is 9.97 Å². The van der Waals surface area contributed by atoms with Crippen molar-refractivity contribution in [3.63, 3.8) is 0 Å². The summed E-state index contributed by atoms with van der Waals surface area (Å²) in [5, 5.41) is 3.52. The molecule has 1 heterocycles. The van der Waals surface area contributed by atoms with Crippen molar-refractivity contribution in [3.8, 4) is 0 Å². The van der Waals surface area contributed by atoms with Crippen LogP contribution in [0.15, 0.2) is 12.4 Å². The van der Waals surface area contributed by atoms with E-state index in [9.17, 15) is 0 Å². The van der Waals surface area contributed by atoms with E-state index >= 15 is 0 Å². The van der Waals surface area contributed by atoms with Crippen LogP contribution >= 0.6 is 0 Å². The number of anilines is 2. The van der Waals surface area contributed by atoms with Crippen LogP contribution in [0.1, 0.15) is 19.3 Å². The maximum Gasteiger partial charge on any atom is 0.144 e. The summed E-state index contributed by atoms with van der Waals surface area (Å²) in [5.41, 5.74) is 5.52. The van der Waals surface area contributed by atoms with Gasteiger partial charge in [0.15, 0.2) is 0 Å². The number of nitrogen functional groups attached to an aromatic ring is 1. The second-order valence-corrected chi connectivity index (χ2v) is 5.48. The molecule has 0 amide bonds. The molecule has 1 aromatic rings. The highest BCUT2D eigenvalue weighted by molar-refractivity contribution is 5.40. The zero-order chi connectivity index (χ0) is 10.7. The number of fused-ring (bicyclic) bond motifs is 5. The fourth-order valence-corrected chi connectivity index (χ4v) is 4.10. The van der Waals surface area contributed by atoms with E-state index in [-0.39, 0.29) is 0 Å². The van der Waals surface area contributed by atoms with E-state index in [1.54, 1.807) is 12.4 Å². The molecular formula is C12H16N4. The van der Waals surface area contributed by atoms with Crippen molar-refractivity contribution in [2.75, 3.05) is 11.1 Å². The van der Waals surface area contributed by atoms with Crippen LogP contribution < -0.4 is 11.1 Å². The molecule has 4 rings (SSSR count). The van der Waals surface area contributed by atoms with Gasteiger partial charge in [-0.05, 0) is 42.9 Å². The molecule has 3 N–H and O–H groups in total. The lowest BCUT2D eigenvalue weighted by Crippen LogP contribution is -2.13. The molecule has 0 spiro atoms. The van der Waals surface area contributed by atoms with Crippen molar-refractivity contribution in [2.45, 2.75) is 25.3 Å². The van der Waals surface area contributed by atoms with E-state index in [0.717, 1.165) is 29.5 Å². The monoisotopic (exact) mass is 216 g/mol. The summed E-state index contributed by atoms with van der Waals surface area (Å²) in [7, 11) is 0. The van der Waals surface area contributed by atoms with Crippen molar-refractivity contribution in [1.29, 1.82) is 0 Å². The summed E-state index contributed by atoms with van der Waals surface area (Å²) in [6.07, 6.45) is 7.76. The normalized spacial score (nSPS) is 43.1. The molecule has 0 aliphatic heterocycles. The first kappa shape index (κ1) is 8.79. The van der Waals surface area contributed by atoms with Crippen molar-refractivity contribution < 1.29 is 0 Å². The minimum Gasteiger partial charge on any atom is -0.382 e. The largest absolute Gasteiger partial charge is 0.382 e. The topological polar surface area (TPSA) is 63.8 Å². The first-order valence-electron chi connectivity index (χ1n) is 6.17. The minimum atomic E-state index is 0.488. The van der Waals surface area contributed by atoms with Crippen molar-refractivity contribution in [3.05, 3.63) is 12.4 Å². The van der Waals surface area contributed by atoms with Crippen LogP contribution in [0.2, 0.25) is 0 Å².